The van der Waals surface area contributed by atoms with E-state index < -0.39 is 0 Å². The molecule has 0 unspecified atom stereocenters. The molecule has 2 aromatic rings. The SMILES string of the molecule is CCc1ccsc1CNC(=O)c1cccc(Br)c1Cl. The van der Waals surface area contributed by atoms with E-state index in [9.17, 15) is 4.79 Å². The summed E-state index contributed by atoms with van der Waals surface area (Å²) in [6, 6.07) is 7.43. The van der Waals surface area contributed by atoms with E-state index in [1.165, 1.54) is 10.4 Å². The average molecular weight is 359 g/mol. The predicted octanol–water partition coefficient (Wildman–Crippen LogP) is 4.66. The highest BCUT2D eigenvalue weighted by molar-refractivity contribution is 9.10. The van der Waals surface area contributed by atoms with Crippen molar-refractivity contribution in [1.29, 1.82) is 0 Å². The van der Waals surface area contributed by atoms with Crippen LogP contribution >= 0.6 is 38.9 Å². The molecule has 0 saturated carbocycles. The Morgan fingerprint density at radius 1 is 1.42 bits per heavy atom. The van der Waals surface area contributed by atoms with E-state index in [0.29, 0.717) is 17.1 Å². The summed E-state index contributed by atoms with van der Waals surface area (Å²) in [5, 5.41) is 5.40. The molecule has 0 bridgehead atoms. The summed E-state index contributed by atoms with van der Waals surface area (Å²) in [7, 11) is 0. The molecule has 0 aliphatic carbocycles. The van der Waals surface area contributed by atoms with Gasteiger partial charge in [0.05, 0.1) is 17.1 Å². The normalized spacial score (nSPS) is 10.5. The van der Waals surface area contributed by atoms with Crippen LogP contribution in [0.3, 0.4) is 0 Å². The van der Waals surface area contributed by atoms with Crippen molar-refractivity contribution in [3.05, 3.63) is 55.1 Å². The van der Waals surface area contributed by atoms with Crippen LogP contribution < -0.4 is 5.32 Å². The van der Waals surface area contributed by atoms with Crippen LogP contribution in [0.2, 0.25) is 5.02 Å². The molecular formula is C14H13BrClNOS. The Morgan fingerprint density at radius 2 is 2.21 bits per heavy atom. The molecule has 2 rings (SSSR count). The number of aryl methyl sites for hydroxylation is 1. The third kappa shape index (κ3) is 3.38. The minimum atomic E-state index is -0.151. The fraction of sp³-hybridized carbons (Fsp3) is 0.214. The van der Waals surface area contributed by atoms with Gasteiger partial charge in [0.2, 0.25) is 0 Å². The lowest BCUT2D eigenvalue weighted by Gasteiger charge is -2.08. The molecule has 1 aromatic carbocycles. The Bertz CT molecular complexity index is 597. The van der Waals surface area contributed by atoms with E-state index in [4.69, 9.17) is 11.6 Å². The molecule has 0 atom stereocenters. The topological polar surface area (TPSA) is 29.1 Å². The number of carbonyl (C=O) groups excluding carboxylic acids is 1. The lowest BCUT2D eigenvalue weighted by molar-refractivity contribution is 0.0951. The summed E-state index contributed by atoms with van der Waals surface area (Å²) < 4.78 is 0.729. The van der Waals surface area contributed by atoms with Gasteiger partial charge in [0.15, 0.2) is 0 Å². The minimum absolute atomic E-state index is 0.151. The van der Waals surface area contributed by atoms with Crippen LogP contribution in [0.25, 0.3) is 0 Å². The summed E-state index contributed by atoms with van der Waals surface area (Å²) in [6.07, 6.45) is 0.979. The molecule has 0 spiro atoms. The number of amides is 1. The third-order valence-electron chi connectivity index (χ3n) is 2.82. The Hall–Kier alpha value is -0.840. The van der Waals surface area contributed by atoms with E-state index in [2.05, 4.69) is 34.2 Å². The van der Waals surface area contributed by atoms with Crippen molar-refractivity contribution in [3.8, 4) is 0 Å². The molecule has 1 amide bonds. The number of hydrogen-bond donors (Lipinski definition) is 1. The molecule has 100 valence electrons. The third-order valence-corrected chi connectivity index (χ3v) is 5.08. The zero-order valence-corrected chi connectivity index (χ0v) is 13.5. The van der Waals surface area contributed by atoms with Crippen LogP contribution in [0.4, 0.5) is 0 Å². The number of halogens is 2. The van der Waals surface area contributed by atoms with Gasteiger partial charge in [-0.05, 0) is 51.5 Å². The van der Waals surface area contributed by atoms with Gasteiger partial charge < -0.3 is 5.32 Å². The first-order chi connectivity index (χ1) is 9.13. The second kappa shape index (κ2) is 6.55. The zero-order valence-electron chi connectivity index (χ0n) is 10.4. The number of hydrogen-bond acceptors (Lipinski definition) is 2. The van der Waals surface area contributed by atoms with Gasteiger partial charge in [0, 0.05) is 9.35 Å². The van der Waals surface area contributed by atoms with Crippen LogP contribution in [0, 0.1) is 0 Å². The fourth-order valence-corrected chi connectivity index (χ4v) is 3.27. The van der Waals surface area contributed by atoms with Gasteiger partial charge in [-0.2, -0.15) is 0 Å². The highest BCUT2D eigenvalue weighted by Gasteiger charge is 2.12. The van der Waals surface area contributed by atoms with Crippen molar-refractivity contribution in [1.82, 2.24) is 5.32 Å². The molecule has 2 nitrogen and oxygen atoms in total. The number of rotatable bonds is 4. The van der Waals surface area contributed by atoms with E-state index in [1.807, 2.05) is 11.4 Å². The maximum Gasteiger partial charge on any atom is 0.253 e. The summed E-state index contributed by atoms with van der Waals surface area (Å²) in [6.45, 7) is 2.65. The fourth-order valence-electron chi connectivity index (χ4n) is 1.77. The lowest BCUT2D eigenvalue weighted by atomic mass is 10.2. The van der Waals surface area contributed by atoms with E-state index >= 15 is 0 Å². The first-order valence-corrected chi connectivity index (χ1v) is 7.96. The highest BCUT2D eigenvalue weighted by Crippen LogP contribution is 2.26. The second-order valence-corrected chi connectivity index (χ2v) is 6.24. The van der Waals surface area contributed by atoms with Gasteiger partial charge in [-0.25, -0.2) is 0 Å². The molecule has 1 N–H and O–H groups in total. The summed E-state index contributed by atoms with van der Waals surface area (Å²) in [5.41, 5.74) is 1.77. The maximum absolute atomic E-state index is 12.1. The molecule has 0 saturated heterocycles. The van der Waals surface area contributed by atoms with Crippen molar-refractivity contribution in [2.45, 2.75) is 19.9 Å². The van der Waals surface area contributed by atoms with Crippen molar-refractivity contribution < 1.29 is 4.79 Å². The largest absolute Gasteiger partial charge is 0.347 e. The average Bonchev–Trinajstić information content (AvgIpc) is 2.86. The van der Waals surface area contributed by atoms with Gasteiger partial charge in [0.25, 0.3) is 5.91 Å². The van der Waals surface area contributed by atoms with Gasteiger partial charge >= 0.3 is 0 Å². The number of nitrogens with one attached hydrogen (secondary N) is 1. The number of thiophene rings is 1. The van der Waals surface area contributed by atoms with E-state index in [-0.39, 0.29) is 5.91 Å². The second-order valence-electron chi connectivity index (χ2n) is 4.01. The smallest absolute Gasteiger partial charge is 0.253 e. The Labute approximate surface area is 129 Å². The molecular weight excluding hydrogens is 346 g/mol. The molecule has 19 heavy (non-hydrogen) atoms. The van der Waals surface area contributed by atoms with Gasteiger partial charge in [0.1, 0.15) is 0 Å². The monoisotopic (exact) mass is 357 g/mol. The number of benzene rings is 1. The Morgan fingerprint density at radius 3 is 2.95 bits per heavy atom. The van der Waals surface area contributed by atoms with Crippen LogP contribution in [0.5, 0.6) is 0 Å². The van der Waals surface area contributed by atoms with Crippen LogP contribution in [0.15, 0.2) is 34.1 Å². The molecule has 0 fully saturated rings. The Balaban J connectivity index is 2.08. The summed E-state index contributed by atoms with van der Waals surface area (Å²) >= 11 is 11.1. The number of carbonyl (C=O) groups is 1. The van der Waals surface area contributed by atoms with Crippen LogP contribution in [0.1, 0.15) is 27.7 Å². The zero-order chi connectivity index (χ0) is 13.8. The highest BCUT2D eigenvalue weighted by atomic mass is 79.9. The molecule has 0 aliphatic rings. The van der Waals surface area contributed by atoms with Crippen LogP contribution in [-0.4, -0.2) is 5.91 Å². The van der Waals surface area contributed by atoms with Crippen LogP contribution in [-0.2, 0) is 13.0 Å². The van der Waals surface area contributed by atoms with Crippen molar-refractivity contribution in [2.75, 3.05) is 0 Å². The molecule has 1 heterocycles. The summed E-state index contributed by atoms with van der Waals surface area (Å²) in [4.78, 5) is 13.3. The van der Waals surface area contributed by atoms with Gasteiger partial charge in [-0.1, -0.05) is 24.6 Å². The molecule has 1 aromatic heterocycles. The lowest BCUT2D eigenvalue weighted by Crippen LogP contribution is -2.23. The summed E-state index contributed by atoms with van der Waals surface area (Å²) in [5.74, 6) is -0.151. The standard InChI is InChI=1S/C14H13BrClNOS/c1-2-9-6-7-19-12(9)8-17-14(18)10-4-3-5-11(15)13(10)16/h3-7H,2,8H2,1H3,(H,17,18). The molecule has 0 aliphatic heterocycles. The Kier molecular flexibility index (Phi) is 5.02. The predicted molar refractivity (Wildman–Crippen MR) is 84.0 cm³/mol. The van der Waals surface area contributed by atoms with Crippen molar-refractivity contribution >= 4 is 44.8 Å². The first kappa shape index (κ1) is 14.6. The quantitative estimate of drug-likeness (QED) is 0.846. The van der Waals surface area contributed by atoms with E-state index in [0.717, 1.165) is 10.9 Å². The molecule has 0 radical (unpaired) electrons. The van der Waals surface area contributed by atoms with Crippen molar-refractivity contribution in [3.63, 3.8) is 0 Å². The van der Waals surface area contributed by atoms with Crippen molar-refractivity contribution in [2.24, 2.45) is 0 Å². The molecule has 5 heteroatoms. The van der Waals surface area contributed by atoms with Gasteiger partial charge in [-0.3, -0.25) is 4.79 Å². The first-order valence-electron chi connectivity index (χ1n) is 5.91. The van der Waals surface area contributed by atoms with Gasteiger partial charge in [-0.15, -0.1) is 11.3 Å². The maximum atomic E-state index is 12.1. The minimum Gasteiger partial charge on any atom is -0.347 e. The van der Waals surface area contributed by atoms with E-state index in [1.54, 1.807) is 23.5 Å².